The first-order chi connectivity index (χ1) is 7.16. The van der Waals surface area contributed by atoms with Crippen LogP contribution in [0.5, 0.6) is 0 Å². The molecule has 0 aliphatic rings. The molecule has 0 amide bonds. The van der Waals surface area contributed by atoms with Crippen molar-refractivity contribution in [3.8, 4) is 0 Å². The van der Waals surface area contributed by atoms with Crippen LogP contribution in [0.4, 0.5) is 0 Å². The lowest BCUT2D eigenvalue weighted by Crippen LogP contribution is -2.39. The minimum absolute atomic E-state index is 0.160. The molecular formula is C11H23NO3. The van der Waals surface area contributed by atoms with E-state index in [1.807, 2.05) is 6.92 Å². The predicted octanol–water partition coefficient (Wildman–Crippen LogP) is 1.07. The summed E-state index contributed by atoms with van der Waals surface area (Å²) in [5.41, 5.74) is 5.12. The third kappa shape index (κ3) is 4.18. The van der Waals surface area contributed by atoms with Crippen molar-refractivity contribution in [3.05, 3.63) is 0 Å². The quantitative estimate of drug-likeness (QED) is 0.471. The Morgan fingerprint density at radius 2 is 2.07 bits per heavy atom. The lowest BCUT2D eigenvalue weighted by atomic mass is 9.80. The molecule has 0 spiro atoms. The van der Waals surface area contributed by atoms with Gasteiger partial charge in [-0.25, -0.2) is 0 Å². The van der Waals surface area contributed by atoms with Crippen LogP contribution in [0.1, 0.15) is 39.5 Å². The molecule has 0 bridgehead atoms. The average molecular weight is 217 g/mol. The summed E-state index contributed by atoms with van der Waals surface area (Å²) in [4.78, 5) is 11.8. The number of hydrogen-bond donors (Lipinski definition) is 2. The number of ether oxygens (including phenoxy) is 1. The lowest BCUT2D eigenvalue weighted by molar-refractivity contribution is -0.155. The maximum absolute atomic E-state index is 11.8. The molecule has 0 heterocycles. The molecule has 0 saturated heterocycles. The topological polar surface area (TPSA) is 72.5 Å². The van der Waals surface area contributed by atoms with Crippen LogP contribution in [0.25, 0.3) is 0 Å². The van der Waals surface area contributed by atoms with E-state index in [-0.39, 0.29) is 12.6 Å². The second-order valence-electron chi connectivity index (χ2n) is 3.74. The zero-order valence-electron chi connectivity index (χ0n) is 9.79. The molecule has 0 aliphatic carbocycles. The van der Waals surface area contributed by atoms with Crippen molar-refractivity contribution >= 4 is 5.97 Å². The van der Waals surface area contributed by atoms with Gasteiger partial charge in [0.2, 0.25) is 0 Å². The first-order valence-electron chi connectivity index (χ1n) is 5.65. The molecule has 0 radical (unpaired) electrons. The molecular weight excluding hydrogens is 194 g/mol. The molecule has 4 nitrogen and oxygen atoms in total. The van der Waals surface area contributed by atoms with Crippen LogP contribution < -0.4 is 5.73 Å². The number of esters is 1. The third-order valence-corrected chi connectivity index (χ3v) is 2.84. The van der Waals surface area contributed by atoms with Crippen molar-refractivity contribution in [1.82, 2.24) is 0 Å². The number of aliphatic hydroxyl groups is 1. The van der Waals surface area contributed by atoms with Gasteiger partial charge in [-0.2, -0.15) is 0 Å². The van der Waals surface area contributed by atoms with Crippen LogP contribution in [0, 0.1) is 5.41 Å². The summed E-state index contributed by atoms with van der Waals surface area (Å²) >= 11 is 0. The normalized spacial score (nSPS) is 14.7. The van der Waals surface area contributed by atoms with Gasteiger partial charge in [-0.1, -0.05) is 6.92 Å². The summed E-state index contributed by atoms with van der Waals surface area (Å²) in [6.07, 6.45) is 2.90. The fraction of sp³-hybridized carbons (Fsp3) is 0.909. The summed E-state index contributed by atoms with van der Waals surface area (Å²) in [5, 5.41) is 8.70. The van der Waals surface area contributed by atoms with E-state index >= 15 is 0 Å². The van der Waals surface area contributed by atoms with Gasteiger partial charge in [0.15, 0.2) is 0 Å². The molecule has 0 aromatic rings. The number of hydrogen-bond acceptors (Lipinski definition) is 4. The van der Waals surface area contributed by atoms with Gasteiger partial charge < -0.3 is 15.6 Å². The third-order valence-electron chi connectivity index (χ3n) is 2.84. The highest BCUT2D eigenvalue weighted by Gasteiger charge is 2.35. The number of nitrogens with two attached hydrogens (primary N) is 1. The van der Waals surface area contributed by atoms with Crippen molar-refractivity contribution in [3.63, 3.8) is 0 Å². The van der Waals surface area contributed by atoms with E-state index in [1.165, 1.54) is 0 Å². The second kappa shape index (κ2) is 7.65. The first-order valence-corrected chi connectivity index (χ1v) is 5.65. The van der Waals surface area contributed by atoms with Gasteiger partial charge in [-0.15, -0.1) is 0 Å². The molecule has 0 aliphatic heterocycles. The zero-order chi connectivity index (χ0) is 11.7. The number of rotatable bonds is 8. The fourth-order valence-corrected chi connectivity index (χ4v) is 1.61. The molecule has 1 unspecified atom stereocenters. The van der Waals surface area contributed by atoms with Gasteiger partial charge in [0, 0.05) is 13.2 Å². The maximum Gasteiger partial charge on any atom is 0.313 e. The van der Waals surface area contributed by atoms with E-state index in [0.29, 0.717) is 32.4 Å². The Kier molecular flexibility index (Phi) is 7.34. The number of carbonyl (C=O) groups excluding carboxylic acids is 1. The standard InChI is InChI=1S/C11H23NO3/c1-3-11(9-12,7-5-6-8-13)10(14)15-4-2/h13H,3-9,12H2,1-2H3. The first kappa shape index (κ1) is 14.4. The predicted molar refractivity (Wildman–Crippen MR) is 59.3 cm³/mol. The minimum atomic E-state index is -0.550. The van der Waals surface area contributed by atoms with E-state index in [0.717, 1.165) is 6.42 Å². The van der Waals surface area contributed by atoms with E-state index < -0.39 is 5.41 Å². The zero-order valence-corrected chi connectivity index (χ0v) is 9.79. The Balaban J connectivity index is 4.35. The molecule has 90 valence electrons. The van der Waals surface area contributed by atoms with Gasteiger partial charge in [-0.05, 0) is 32.6 Å². The second-order valence-corrected chi connectivity index (χ2v) is 3.74. The monoisotopic (exact) mass is 217 g/mol. The molecule has 4 heteroatoms. The highest BCUT2D eigenvalue weighted by Crippen LogP contribution is 2.29. The van der Waals surface area contributed by atoms with Crippen molar-refractivity contribution in [2.45, 2.75) is 39.5 Å². The largest absolute Gasteiger partial charge is 0.466 e. The highest BCUT2D eigenvalue weighted by molar-refractivity contribution is 5.77. The lowest BCUT2D eigenvalue weighted by Gasteiger charge is -2.28. The fourth-order valence-electron chi connectivity index (χ4n) is 1.61. The van der Waals surface area contributed by atoms with E-state index in [9.17, 15) is 4.79 Å². The van der Waals surface area contributed by atoms with Crippen LogP contribution in [0.2, 0.25) is 0 Å². The summed E-state index contributed by atoms with van der Waals surface area (Å²) in [6, 6.07) is 0. The van der Waals surface area contributed by atoms with Crippen LogP contribution in [0.3, 0.4) is 0 Å². The van der Waals surface area contributed by atoms with Crippen molar-refractivity contribution < 1.29 is 14.6 Å². The van der Waals surface area contributed by atoms with Crippen molar-refractivity contribution in [2.75, 3.05) is 19.8 Å². The molecule has 15 heavy (non-hydrogen) atoms. The minimum Gasteiger partial charge on any atom is -0.466 e. The Bertz CT molecular complexity index is 179. The Labute approximate surface area is 91.8 Å². The summed E-state index contributed by atoms with van der Waals surface area (Å²) in [5.74, 6) is -0.201. The number of unbranched alkanes of at least 4 members (excludes halogenated alkanes) is 1. The van der Waals surface area contributed by atoms with Gasteiger partial charge in [0.25, 0.3) is 0 Å². The Morgan fingerprint density at radius 1 is 1.40 bits per heavy atom. The summed E-state index contributed by atoms with van der Waals surface area (Å²) in [7, 11) is 0. The maximum atomic E-state index is 11.8. The van der Waals surface area contributed by atoms with Gasteiger partial charge in [-0.3, -0.25) is 4.79 Å². The molecule has 0 fully saturated rings. The van der Waals surface area contributed by atoms with Gasteiger partial charge >= 0.3 is 5.97 Å². The summed E-state index contributed by atoms with van der Waals surface area (Å²) < 4.78 is 5.04. The van der Waals surface area contributed by atoms with Crippen LogP contribution >= 0.6 is 0 Å². The number of carbonyl (C=O) groups is 1. The average Bonchev–Trinajstić information content (AvgIpc) is 2.25. The van der Waals surface area contributed by atoms with E-state index in [2.05, 4.69) is 0 Å². The molecule has 0 aromatic carbocycles. The van der Waals surface area contributed by atoms with Crippen LogP contribution in [0.15, 0.2) is 0 Å². The van der Waals surface area contributed by atoms with Crippen molar-refractivity contribution in [2.24, 2.45) is 11.1 Å². The summed E-state index contributed by atoms with van der Waals surface area (Å²) in [6.45, 7) is 4.60. The Morgan fingerprint density at radius 3 is 2.47 bits per heavy atom. The van der Waals surface area contributed by atoms with Gasteiger partial charge in [0.05, 0.1) is 12.0 Å². The van der Waals surface area contributed by atoms with Crippen LogP contribution in [-0.4, -0.2) is 30.8 Å². The molecule has 0 rings (SSSR count). The molecule has 1 atom stereocenters. The van der Waals surface area contributed by atoms with E-state index in [4.69, 9.17) is 15.6 Å². The smallest absolute Gasteiger partial charge is 0.313 e. The van der Waals surface area contributed by atoms with E-state index in [1.54, 1.807) is 6.92 Å². The molecule has 0 saturated carbocycles. The van der Waals surface area contributed by atoms with Crippen molar-refractivity contribution in [1.29, 1.82) is 0 Å². The van der Waals surface area contributed by atoms with Gasteiger partial charge in [0.1, 0.15) is 0 Å². The highest BCUT2D eigenvalue weighted by atomic mass is 16.5. The number of aliphatic hydroxyl groups excluding tert-OH is 1. The van der Waals surface area contributed by atoms with Crippen LogP contribution in [-0.2, 0) is 9.53 Å². The molecule has 3 N–H and O–H groups in total. The SMILES string of the molecule is CCOC(=O)C(CC)(CN)CCCCO. The Hall–Kier alpha value is -0.610. The molecule has 0 aromatic heterocycles.